The van der Waals surface area contributed by atoms with Gasteiger partial charge >= 0.3 is 6.18 Å². The van der Waals surface area contributed by atoms with Crippen molar-refractivity contribution in [3.05, 3.63) is 65.7 Å². The molecule has 0 radical (unpaired) electrons. The smallest absolute Gasteiger partial charge is 0.356 e. The fraction of sp³-hybridized carbons (Fsp3) is 0.0588. The van der Waals surface area contributed by atoms with Crippen molar-refractivity contribution in [2.75, 3.05) is 0 Å². The van der Waals surface area contributed by atoms with Crippen LogP contribution in [0.15, 0.2) is 59.1 Å². The molecule has 0 spiro atoms. The molecule has 1 heterocycles. The molecule has 6 heteroatoms. The average molecular weight is 314 g/mol. The van der Waals surface area contributed by atoms with Crippen molar-refractivity contribution < 1.29 is 17.7 Å². The standard InChI is InChI=1S/C17H9F3N2O/c18-17(19,20)14-4-2-1-3-13(14)15-9-16(23-22-15)12-7-5-11(10-21)6-8-12/h1-9H. The first-order valence-electron chi connectivity index (χ1n) is 6.63. The Hall–Kier alpha value is -3.07. The van der Waals surface area contributed by atoms with Crippen LogP contribution in [-0.2, 0) is 6.18 Å². The second-order valence-electron chi connectivity index (χ2n) is 4.81. The molecule has 2 aromatic carbocycles. The summed E-state index contributed by atoms with van der Waals surface area (Å²) in [4.78, 5) is 0. The van der Waals surface area contributed by atoms with Crippen molar-refractivity contribution in [1.29, 1.82) is 5.26 Å². The first-order chi connectivity index (χ1) is 11.0. The molecule has 1 aromatic heterocycles. The van der Waals surface area contributed by atoms with Crippen LogP contribution in [-0.4, -0.2) is 5.16 Å². The van der Waals surface area contributed by atoms with E-state index in [-0.39, 0.29) is 11.3 Å². The first kappa shape index (κ1) is 14.9. The van der Waals surface area contributed by atoms with E-state index in [2.05, 4.69) is 5.16 Å². The number of alkyl halides is 3. The third-order valence-electron chi connectivity index (χ3n) is 3.32. The van der Waals surface area contributed by atoms with Gasteiger partial charge in [0.15, 0.2) is 5.76 Å². The van der Waals surface area contributed by atoms with Crippen molar-refractivity contribution in [3.8, 4) is 28.7 Å². The van der Waals surface area contributed by atoms with Gasteiger partial charge in [0.25, 0.3) is 0 Å². The third-order valence-corrected chi connectivity index (χ3v) is 3.32. The maximum absolute atomic E-state index is 13.1. The molecule has 23 heavy (non-hydrogen) atoms. The fourth-order valence-corrected chi connectivity index (χ4v) is 2.20. The molecule has 0 atom stereocenters. The van der Waals surface area contributed by atoms with Gasteiger partial charge < -0.3 is 4.52 Å². The molecule has 114 valence electrons. The van der Waals surface area contributed by atoms with Crippen molar-refractivity contribution in [3.63, 3.8) is 0 Å². The molecule has 0 unspecified atom stereocenters. The molecule has 0 saturated heterocycles. The zero-order valence-electron chi connectivity index (χ0n) is 11.6. The van der Waals surface area contributed by atoms with E-state index in [9.17, 15) is 13.2 Å². The number of rotatable bonds is 2. The van der Waals surface area contributed by atoms with E-state index in [0.29, 0.717) is 16.9 Å². The minimum absolute atomic E-state index is 0.0383. The number of halogens is 3. The van der Waals surface area contributed by atoms with Gasteiger partial charge in [-0.15, -0.1) is 0 Å². The van der Waals surface area contributed by atoms with Gasteiger partial charge in [0.2, 0.25) is 0 Å². The molecule has 3 aromatic rings. The predicted molar refractivity (Wildman–Crippen MR) is 77.1 cm³/mol. The van der Waals surface area contributed by atoms with E-state index in [1.54, 1.807) is 24.3 Å². The maximum Gasteiger partial charge on any atom is 0.417 e. The van der Waals surface area contributed by atoms with E-state index in [0.717, 1.165) is 6.07 Å². The molecule has 0 aliphatic carbocycles. The Balaban J connectivity index is 2.01. The Morgan fingerprint density at radius 1 is 1.00 bits per heavy atom. The van der Waals surface area contributed by atoms with Crippen LogP contribution in [0.5, 0.6) is 0 Å². The topological polar surface area (TPSA) is 49.8 Å². The lowest BCUT2D eigenvalue weighted by molar-refractivity contribution is -0.137. The lowest BCUT2D eigenvalue weighted by Gasteiger charge is -2.10. The molecule has 0 fully saturated rings. The molecule has 0 bridgehead atoms. The highest BCUT2D eigenvalue weighted by molar-refractivity contribution is 5.69. The van der Waals surface area contributed by atoms with Gasteiger partial charge in [-0.05, 0) is 30.3 Å². The Bertz CT molecular complexity index is 874. The van der Waals surface area contributed by atoms with E-state index in [1.807, 2.05) is 6.07 Å². The van der Waals surface area contributed by atoms with Crippen LogP contribution in [0.4, 0.5) is 13.2 Å². The molecule has 3 rings (SSSR count). The van der Waals surface area contributed by atoms with Crippen LogP contribution in [0.3, 0.4) is 0 Å². The molecule has 0 N–H and O–H groups in total. The van der Waals surface area contributed by atoms with Crippen molar-refractivity contribution >= 4 is 0 Å². The number of nitriles is 1. The summed E-state index contributed by atoms with van der Waals surface area (Å²) in [5.41, 5.74) is 0.420. The van der Waals surface area contributed by atoms with Gasteiger partial charge in [0.05, 0.1) is 17.2 Å². The normalized spacial score (nSPS) is 11.2. The molecular formula is C17H9F3N2O. The summed E-state index contributed by atoms with van der Waals surface area (Å²) in [5.74, 6) is 0.335. The number of aromatic nitrogens is 1. The van der Waals surface area contributed by atoms with Crippen molar-refractivity contribution in [2.45, 2.75) is 6.18 Å². The van der Waals surface area contributed by atoms with E-state index in [4.69, 9.17) is 9.78 Å². The number of hydrogen-bond donors (Lipinski definition) is 0. The maximum atomic E-state index is 13.1. The first-order valence-corrected chi connectivity index (χ1v) is 6.63. The zero-order valence-corrected chi connectivity index (χ0v) is 11.6. The summed E-state index contributed by atoms with van der Waals surface area (Å²) in [7, 11) is 0. The fourth-order valence-electron chi connectivity index (χ4n) is 2.20. The molecule has 0 aliphatic rings. The monoisotopic (exact) mass is 314 g/mol. The highest BCUT2D eigenvalue weighted by Gasteiger charge is 2.34. The Labute approximate surface area is 129 Å². The van der Waals surface area contributed by atoms with Gasteiger partial charge in [0.1, 0.15) is 5.69 Å². The van der Waals surface area contributed by atoms with E-state index in [1.165, 1.54) is 24.3 Å². The Kier molecular flexibility index (Phi) is 3.62. The highest BCUT2D eigenvalue weighted by atomic mass is 19.4. The van der Waals surface area contributed by atoms with Crippen LogP contribution in [0.1, 0.15) is 11.1 Å². The summed E-state index contributed by atoms with van der Waals surface area (Å²) in [6.07, 6.45) is -4.47. The number of hydrogen-bond acceptors (Lipinski definition) is 3. The van der Waals surface area contributed by atoms with E-state index < -0.39 is 11.7 Å². The minimum atomic E-state index is -4.47. The van der Waals surface area contributed by atoms with Crippen molar-refractivity contribution in [1.82, 2.24) is 5.16 Å². The Morgan fingerprint density at radius 3 is 2.35 bits per heavy atom. The van der Waals surface area contributed by atoms with Crippen LogP contribution in [0.2, 0.25) is 0 Å². The summed E-state index contributed by atoms with van der Waals surface area (Å²) < 4.78 is 44.3. The molecular weight excluding hydrogens is 305 g/mol. The highest BCUT2D eigenvalue weighted by Crippen LogP contribution is 2.37. The summed E-state index contributed by atoms with van der Waals surface area (Å²) in [6, 6.07) is 15.1. The Morgan fingerprint density at radius 2 is 1.70 bits per heavy atom. The van der Waals surface area contributed by atoms with Crippen LogP contribution in [0, 0.1) is 11.3 Å². The lowest BCUT2D eigenvalue weighted by atomic mass is 10.0. The molecule has 0 amide bonds. The van der Waals surface area contributed by atoms with Crippen LogP contribution >= 0.6 is 0 Å². The number of benzene rings is 2. The molecule has 0 aliphatic heterocycles. The second-order valence-corrected chi connectivity index (χ2v) is 4.81. The largest absolute Gasteiger partial charge is 0.417 e. The van der Waals surface area contributed by atoms with Crippen LogP contribution in [0.25, 0.3) is 22.6 Å². The van der Waals surface area contributed by atoms with Crippen LogP contribution < -0.4 is 0 Å². The van der Waals surface area contributed by atoms with E-state index >= 15 is 0 Å². The SMILES string of the molecule is N#Cc1ccc(-c2cc(-c3ccccc3C(F)(F)F)no2)cc1. The molecule has 3 nitrogen and oxygen atoms in total. The van der Waals surface area contributed by atoms with Gasteiger partial charge in [-0.1, -0.05) is 23.4 Å². The second kappa shape index (κ2) is 5.61. The molecule has 0 saturated carbocycles. The summed E-state index contributed by atoms with van der Waals surface area (Å²) >= 11 is 0. The van der Waals surface area contributed by atoms with Gasteiger partial charge in [0, 0.05) is 17.2 Å². The summed E-state index contributed by atoms with van der Waals surface area (Å²) in [5, 5.41) is 12.5. The van der Waals surface area contributed by atoms with Crippen molar-refractivity contribution in [2.24, 2.45) is 0 Å². The lowest BCUT2D eigenvalue weighted by Crippen LogP contribution is -2.06. The minimum Gasteiger partial charge on any atom is -0.356 e. The van der Waals surface area contributed by atoms with Gasteiger partial charge in [-0.3, -0.25) is 0 Å². The predicted octanol–water partition coefficient (Wildman–Crippen LogP) is 4.90. The zero-order chi connectivity index (χ0) is 16.4. The quantitative estimate of drug-likeness (QED) is 0.676. The average Bonchev–Trinajstić information content (AvgIpc) is 3.04. The van der Waals surface area contributed by atoms with Gasteiger partial charge in [-0.25, -0.2) is 0 Å². The number of nitrogens with zero attached hydrogens (tertiary/aromatic N) is 2. The third kappa shape index (κ3) is 2.94. The van der Waals surface area contributed by atoms with Gasteiger partial charge in [-0.2, -0.15) is 18.4 Å². The summed E-state index contributed by atoms with van der Waals surface area (Å²) in [6.45, 7) is 0.